The summed E-state index contributed by atoms with van der Waals surface area (Å²) in [7, 11) is 2.97. The highest BCUT2D eigenvalue weighted by Crippen LogP contribution is 2.31. The third-order valence-electron chi connectivity index (χ3n) is 3.42. The molecule has 0 saturated carbocycles. The molecule has 0 spiro atoms. The van der Waals surface area contributed by atoms with Crippen molar-refractivity contribution in [2.24, 2.45) is 0 Å². The van der Waals surface area contributed by atoms with Crippen LogP contribution in [0.25, 0.3) is 0 Å². The lowest BCUT2D eigenvalue weighted by Crippen LogP contribution is -2.32. The third kappa shape index (κ3) is 4.71. The van der Waals surface area contributed by atoms with E-state index in [0.717, 1.165) is 0 Å². The lowest BCUT2D eigenvalue weighted by molar-refractivity contribution is -0.115. The van der Waals surface area contributed by atoms with Gasteiger partial charge in [-0.2, -0.15) is 0 Å². The number of nitrogens with one attached hydrogen (secondary N) is 2. The molecule has 2 amide bonds. The molecule has 0 bridgehead atoms. The minimum absolute atomic E-state index is 0.224. The second-order valence-corrected chi connectivity index (χ2v) is 5.97. The highest BCUT2D eigenvalue weighted by atomic mass is 35.5. The van der Waals surface area contributed by atoms with E-state index in [1.807, 2.05) is 0 Å². The molecule has 2 aromatic carbocycles. The summed E-state index contributed by atoms with van der Waals surface area (Å²) in [4.78, 5) is 24.2. The standard InChI is InChI=1S/C17H17Cl2N3O4/c1-25-13-4-3-9(5-14(13)26-2)17(24)21-8-15(23)22-10-6-11(18)16(20)12(19)7-10/h3-7H,8,20H2,1-2H3,(H,21,24)(H,22,23). The first kappa shape index (κ1) is 19.7. The van der Waals surface area contributed by atoms with Crippen LogP contribution in [0.5, 0.6) is 11.5 Å². The summed E-state index contributed by atoms with van der Waals surface area (Å²) in [6.07, 6.45) is 0. The topological polar surface area (TPSA) is 103 Å². The number of nitrogens with two attached hydrogens (primary N) is 1. The second kappa shape index (κ2) is 8.64. The van der Waals surface area contributed by atoms with Crippen molar-refractivity contribution in [2.75, 3.05) is 31.8 Å². The Morgan fingerprint density at radius 1 is 1.04 bits per heavy atom. The highest BCUT2D eigenvalue weighted by molar-refractivity contribution is 6.39. The number of rotatable bonds is 6. The van der Waals surface area contributed by atoms with Crippen molar-refractivity contribution in [3.8, 4) is 11.5 Å². The number of halogens is 2. The fourth-order valence-corrected chi connectivity index (χ4v) is 2.59. The van der Waals surface area contributed by atoms with Crippen LogP contribution in [0, 0.1) is 0 Å². The molecule has 0 aliphatic heterocycles. The van der Waals surface area contributed by atoms with Crippen LogP contribution in [-0.2, 0) is 4.79 Å². The molecule has 7 nitrogen and oxygen atoms in total. The quantitative estimate of drug-likeness (QED) is 0.650. The van der Waals surface area contributed by atoms with E-state index in [2.05, 4.69) is 10.6 Å². The van der Waals surface area contributed by atoms with Crippen molar-refractivity contribution in [1.29, 1.82) is 0 Å². The van der Waals surface area contributed by atoms with Gasteiger partial charge in [-0.1, -0.05) is 23.2 Å². The van der Waals surface area contributed by atoms with Gasteiger partial charge in [0.2, 0.25) is 5.91 Å². The third-order valence-corrected chi connectivity index (χ3v) is 4.04. The Bertz CT molecular complexity index is 820. The maximum Gasteiger partial charge on any atom is 0.251 e. The number of benzene rings is 2. The second-order valence-electron chi connectivity index (χ2n) is 5.15. The molecule has 0 aliphatic carbocycles. The number of hydrogen-bond donors (Lipinski definition) is 3. The molecule has 0 radical (unpaired) electrons. The van der Waals surface area contributed by atoms with E-state index in [1.165, 1.54) is 32.4 Å². The van der Waals surface area contributed by atoms with Crippen LogP contribution in [0.2, 0.25) is 10.0 Å². The lowest BCUT2D eigenvalue weighted by atomic mass is 10.2. The number of nitrogen functional groups attached to an aromatic ring is 1. The monoisotopic (exact) mass is 397 g/mol. The zero-order valence-corrected chi connectivity index (χ0v) is 15.6. The predicted octanol–water partition coefficient (Wildman–Crippen LogP) is 2.96. The SMILES string of the molecule is COc1ccc(C(=O)NCC(=O)Nc2cc(Cl)c(N)c(Cl)c2)cc1OC. The van der Waals surface area contributed by atoms with Crippen LogP contribution in [0.4, 0.5) is 11.4 Å². The molecular weight excluding hydrogens is 381 g/mol. The summed E-state index contributed by atoms with van der Waals surface area (Å²) in [6.45, 7) is -0.243. The van der Waals surface area contributed by atoms with Gasteiger partial charge in [0.15, 0.2) is 11.5 Å². The largest absolute Gasteiger partial charge is 0.493 e. The Morgan fingerprint density at radius 2 is 1.65 bits per heavy atom. The maximum atomic E-state index is 12.2. The predicted molar refractivity (Wildman–Crippen MR) is 101 cm³/mol. The van der Waals surface area contributed by atoms with E-state index in [4.69, 9.17) is 38.4 Å². The molecule has 0 aromatic heterocycles. The first-order valence-corrected chi connectivity index (χ1v) is 8.16. The van der Waals surface area contributed by atoms with Gasteiger partial charge in [0.05, 0.1) is 36.5 Å². The zero-order valence-electron chi connectivity index (χ0n) is 14.1. The summed E-state index contributed by atoms with van der Waals surface area (Å²) >= 11 is 11.8. The van der Waals surface area contributed by atoms with Crippen molar-refractivity contribution >= 4 is 46.4 Å². The van der Waals surface area contributed by atoms with E-state index in [-0.39, 0.29) is 22.3 Å². The summed E-state index contributed by atoms with van der Waals surface area (Å²) in [5.41, 5.74) is 6.57. The van der Waals surface area contributed by atoms with Gasteiger partial charge in [0.1, 0.15) is 0 Å². The van der Waals surface area contributed by atoms with Crippen molar-refractivity contribution in [2.45, 2.75) is 0 Å². The lowest BCUT2D eigenvalue weighted by Gasteiger charge is -2.11. The average molecular weight is 398 g/mol. The van der Waals surface area contributed by atoms with Gasteiger partial charge in [0.25, 0.3) is 5.91 Å². The normalized spacial score (nSPS) is 10.2. The first-order chi connectivity index (χ1) is 12.3. The van der Waals surface area contributed by atoms with Gasteiger partial charge in [-0.3, -0.25) is 9.59 Å². The van der Waals surface area contributed by atoms with E-state index in [1.54, 1.807) is 12.1 Å². The number of ether oxygens (including phenoxy) is 2. The molecule has 2 aromatic rings. The smallest absolute Gasteiger partial charge is 0.251 e. The Hall–Kier alpha value is -2.64. The summed E-state index contributed by atoms with van der Waals surface area (Å²) in [5.74, 6) is 0.0277. The number of carbonyl (C=O) groups is 2. The minimum atomic E-state index is -0.448. The molecule has 138 valence electrons. The van der Waals surface area contributed by atoms with Gasteiger partial charge >= 0.3 is 0 Å². The molecule has 0 atom stereocenters. The van der Waals surface area contributed by atoms with E-state index >= 15 is 0 Å². The van der Waals surface area contributed by atoms with Crippen molar-refractivity contribution in [1.82, 2.24) is 5.32 Å². The molecule has 0 aliphatic rings. The number of carbonyl (C=O) groups excluding carboxylic acids is 2. The molecule has 0 saturated heterocycles. The zero-order chi connectivity index (χ0) is 19.3. The van der Waals surface area contributed by atoms with Crippen molar-refractivity contribution in [3.63, 3.8) is 0 Å². The van der Waals surface area contributed by atoms with Gasteiger partial charge in [-0.15, -0.1) is 0 Å². The molecule has 26 heavy (non-hydrogen) atoms. The van der Waals surface area contributed by atoms with E-state index in [9.17, 15) is 9.59 Å². The molecular formula is C17H17Cl2N3O4. The number of methoxy groups -OCH3 is 2. The van der Waals surface area contributed by atoms with Crippen molar-refractivity contribution in [3.05, 3.63) is 45.9 Å². The van der Waals surface area contributed by atoms with Gasteiger partial charge in [-0.25, -0.2) is 0 Å². The Labute approximate surface area is 160 Å². The molecule has 4 N–H and O–H groups in total. The maximum absolute atomic E-state index is 12.2. The van der Waals surface area contributed by atoms with E-state index in [0.29, 0.717) is 22.7 Å². The number of amides is 2. The Balaban J connectivity index is 1.98. The van der Waals surface area contributed by atoms with Crippen LogP contribution in [0.15, 0.2) is 30.3 Å². The average Bonchev–Trinajstić information content (AvgIpc) is 2.63. The van der Waals surface area contributed by atoms with Gasteiger partial charge in [-0.05, 0) is 30.3 Å². The fraction of sp³-hybridized carbons (Fsp3) is 0.176. The van der Waals surface area contributed by atoms with Crippen LogP contribution < -0.4 is 25.8 Å². The van der Waals surface area contributed by atoms with Crippen LogP contribution in [0.3, 0.4) is 0 Å². The van der Waals surface area contributed by atoms with E-state index < -0.39 is 11.8 Å². The van der Waals surface area contributed by atoms with Crippen LogP contribution >= 0.6 is 23.2 Å². The fourth-order valence-electron chi connectivity index (χ4n) is 2.10. The summed E-state index contributed by atoms with van der Waals surface area (Å²) in [5, 5.41) is 5.53. The summed E-state index contributed by atoms with van der Waals surface area (Å²) < 4.78 is 10.3. The summed E-state index contributed by atoms with van der Waals surface area (Å²) in [6, 6.07) is 7.62. The van der Waals surface area contributed by atoms with Gasteiger partial charge < -0.3 is 25.8 Å². The number of anilines is 2. The Morgan fingerprint density at radius 3 is 2.23 bits per heavy atom. The Kier molecular flexibility index (Phi) is 6.54. The van der Waals surface area contributed by atoms with Crippen LogP contribution in [-0.4, -0.2) is 32.6 Å². The molecule has 2 rings (SSSR count). The van der Waals surface area contributed by atoms with Gasteiger partial charge in [0, 0.05) is 11.3 Å². The molecule has 9 heteroatoms. The molecule has 0 heterocycles. The molecule has 0 unspecified atom stereocenters. The minimum Gasteiger partial charge on any atom is -0.493 e. The first-order valence-electron chi connectivity index (χ1n) is 7.40. The highest BCUT2D eigenvalue weighted by Gasteiger charge is 2.13. The molecule has 0 fully saturated rings. The van der Waals surface area contributed by atoms with Crippen LogP contribution in [0.1, 0.15) is 10.4 Å². The number of hydrogen-bond acceptors (Lipinski definition) is 5. The van der Waals surface area contributed by atoms with Crippen molar-refractivity contribution < 1.29 is 19.1 Å².